The second-order valence-corrected chi connectivity index (χ2v) is 5.34. The molecule has 1 unspecified atom stereocenters. The molecule has 1 heteroatoms. The summed E-state index contributed by atoms with van der Waals surface area (Å²) in [5, 5.41) is 0. The van der Waals surface area contributed by atoms with Crippen molar-refractivity contribution < 1.29 is 0 Å². The molecule has 0 aromatic heterocycles. The SMILES string of the molecule is NCC(C1CCCCCC1)C1CCC1. The van der Waals surface area contributed by atoms with Crippen molar-refractivity contribution in [3.8, 4) is 0 Å². The van der Waals surface area contributed by atoms with Crippen molar-refractivity contribution in [2.45, 2.75) is 57.8 Å². The van der Waals surface area contributed by atoms with Gasteiger partial charge in [0.15, 0.2) is 0 Å². The number of hydrogen-bond acceptors (Lipinski definition) is 1. The zero-order valence-electron chi connectivity index (χ0n) is 9.38. The minimum Gasteiger partial charge on any atom is -0.330 e. The van der Waals surface area contributed by atoms with Gasteiger partial charge in [-0.1, -0.05) is 57.8 Å². The molecule has 1 nitrogen and oxygen atoms in total. The van der Waals surface area contributed by atoms with Gasteiger partial charge in [-0.25, -0.2) is 0 Å². The van der Waals surface area contributed by atoms with Gasteiger partial charge >= 0.3 is 0 Å². The Labute approximate surface area is 88.4 Å². The molecule has 0 aromatic carbocycles. The second kappa shape index (κ2) is 5.16. The van der Waals surface area contributed by atoms with Crippen LogP contribution in [-0.2, 0) is 0 Å². The van der Waals surface area contributed by atoms with Crippen LogP contribution in [0.5, 0.6) is 0 Å². The second-order valence-electron chi connectivity index (χ2n) is 5.34. The summed E-state index contributed by atoms with van der Waals surface area (Å²) < 4.78 is 0. The van der Waals surface area contributed by atoms with Crippen LogP contribution < -0.4 is 5.73 Å². The minimum absolute atomic E-state index is 0.877. The van der Waals surface area contributed by atoms with E-state index in [1.807, 2.05) is 0 Å². The van der Waals surface area contributed by atoms with Crippen LogP contribution in [0.15, 0.2) is 0 Å². The fourth-order valence-electron chi connectivity index (χ4n) is 3.38. The van der Waals surface area contributed by atoms with Gasteiger partial charge in [-0.3, -0.25) is 0 Å². The van der Waals surface area contributed by atoms with Crippen LogP contribution in [0.4, 0.5) is 0 Å². The Morgan fingerprint density at radius 1 is 0.786 bits per heavy atom. The van der Waals surface area contributed by atoms with Crippen LogP contribution in [-0.4, -0.2) is 6.54 Å². The number of rotatable bonds is 3. The van der Waals surface area contributed by atoms with Crippen molar-refractivity contribution in [3.05, 3.63) is 0 Å². The number of hydrogen-bond donors (Lipinski definition) is 1. The summed E-state index contributed by atoms with van der Waals surface area (Å²) in [6.07, 6.45) is 13.2. The normalized spacial score (nSPS) is 28.1. The standard InChI is InChI=1S/C13H25N/c14-10-13(12-8-5-9-12)11-6-3-1-2-4-7-11/h11-13H,1-10,14H2. The van der Waals surface area contributed by atoms with Crippen molar-refractivity contribution in [1.29, 1.82) is 0 Å². The highest BCUT2D eigenvalue weighted by Crippen LogP contribution is 2.41. The summed E-state index contributed by atoms with van der Waals surface area (Å²) in [6.45, 7) is 0.954. The molecule has 0 radical (unpaired) electrons. The van der Waals surface area contributed by atoms with Crippen LogP contribution >= 0.6 is 0 Å². The molecule has 0 aromatic rings. The fourth-order valence-corrected chi connectivity index (χ4v) is 3.38. The van der Waals surface area contributed by atoms with Crippen molar-refractivity contribution in [3.63, 3.8) is 0 Å². The lowest BCUT2D eigenvalue weighted by molar-refractivity contribution is 0.138. The quantitative estimate of drug-likeness (QED) is 0.687. The third-order valence-corrected chi connectivity index (χ3v) is 4.53. The molecule has 2 saturated carbocycles. The summed E-state index contributed by atoms with van der Waals surface area (Å²) in [4.78, 5) is 0. The fraction of sp³-hybridized carbons (Fsp3) is 1.00. The first-order chi connectivity index (χ1) is 6.92. The maximum atomic E-state index is 5.97. The van der Waals surface area contributed by atoms with Crippen molar-refractivity contribution in [1.82, 2.24) is 0 Å². The molecule has 0 heterocycles. The first-order valence-electron chi connectivity index (χ1n) is 6.62. The van der Waals surface area contributed by atoms with Crippen LogP contribution in [0, 0.1) is 17.8 Å². The maximum Gasteiger partial charge on any atom is -0.00436 e. The van der Waals surface area contributed by atoms with Gasteiger partial charge in [0.25, 0.3) is 0 Å². The molecule has 0 aliphatic heterocycles. The Kier molecular flexibility index (Phi) is 3.86. The lowest BCUT2D eigenvalue weighted by Crippen LogP contribution is -2.34. The minimum atomic E-state index is 0.877. The first kappa shape index (κ1) is 10.5. The van der Waals surface area contributed by atoms with Gasteiger partial charge < -0.3 is 5.73 Å². The first-order valence-corrected chi connectivity index (χ1v) is 6.62. The van der Waals surface area contributed by atoms with Gasteiger partial charge in [-0.2, -0.15) is 0 Å². The smallest absolute Gasteiger partial charge is 0.00436 e. The Morgan fingerprint density at radius 2 is 1.29 bits per heavy atom. The van der Waals surface area contributed by atoms with Gasteiger partial charge in [-0.05, 0) is 24.3 Å². The lowest BCUT2D eigenvalue weighted by atomic mass is 9.69. The molecule has 14 heavy (non-hydrogen) atoms. The zero-order valence-corrected chi connectivity index (χ0v) is 9.38. The highest BCUT2D eigenvalue weighted by molar-refractivity contribution is 4.84. The van der Waals surface area contributed by atoms with E-state index in [1.54, 1.807) is 0 Å². The Bertz CT molecular complexity index is 155. The van der Waals surface area contributed by atoms with Gasteiger partial charge in [0.1, 0.15) is 0 Å². The van der Waals surface area contributed by atoms with Crippen LogP contribution in [0.3, 0.4) is 0 Å². The molecule has 2 N–H and O–H groups in total. The predicted molar refractivity (Wildman–Crippen MR) is 61.1 cm³/mol. The topological polar surface area (TPSA) is 26.0 Å². The van der Waals surface area contributed by atoms with Crippen molar-refractivity contribution >= 4 is 0 Å². The molecule has 2 fully saturated rings. The van der Waals surface area contributed by atoms with E-state index in [0.717, 1.165) is 24.3 Å². The van der Waals surface area contributed by atoms with E-state index in [-0.39, 0.29) is 0 Å². The zero-order chi connectivity index (χ0) is 9.80. The molecule has 2 rings (SSSR count). The molecule has 0 amide bonds. The molecule has 82 valence electrons. The summed E-state index contributed by atoms with van der Waals surface area (Å²) in [7, 11) is 0. The summed E-state index contributed by atoms with van der Waals surface area (Å²) >= 11 is 0. The Morgan fingerprint density at radius 3 is 1.64 bits per heavy atom. The highest BCUT2D eigenvalue weighted by Gasteiger charge is 2.32. The van der Waals surface area contributed by atoms with E-state index in [2.05, 4.69) is 0 Å². The molecule has 0 bridgehead atoms. The van der Waals surface area contributed by atoms with Gasteiger partial charge in [0.2, 0.25) is 0 Å². The molecule has 2 aliphatic carbocycles. The van der Waals surface area contributed by atoms with Gasteiger partial charge in [0, 0.05) is 0 Å². The molecular formula is C13H25N. The maximum absolute atomic E-state index is 5.97. The van der Waals surface area contributed by atoms with E-state index in [9.17, 15) is 0 Å². The van der Waals surface area contributed by atoms with E-state index in [1.165, 1.54) is 57.8 Å². The van der Waals surface area contributed by atoms with Crippen molar-refractivity contribution in [2.75, 3.05) is 6.54 Å². The molecule has 0 spiro atoms. The van der Waals surface area contributed by atoms with Crippen LogP contribution in [0.25, 0.3) is 0 Å². The van der Waals surface area contributed by atoms with E-state index >= 15 is 0 Å². The third kappa shape index (κ3) is 2.31. The van der Waals surface area contributed by atoms with Crippen LogP contribution in [0.1, 0.15) is 57.8 Å². The monoisotopic (exact) mass is 195 g/mol. The average Bonchev–Trinajstić information content (AvgIpc) is 2.38. The Balaban J connectivity index is 1.87. The van der Waals surface area contributed by atoms with Crippen LogP contribution in [0.2, 0.25) is 0 Å². The summed E-state index contributed by atoms with van der Waals surface area (Å²) in [6, 6.07) is 0. The van der Waals surface area contributed by atoms with E-state index < -0.39 is 0 Å². The van der Waals surface area contributed by atoms with Gasteiger partial charge in [0.05, 0.1) is 0 Å². The lowest BCUT2D eigenvalue weighted by Gasteiger charge is -2.38. The molecule has 2 aliphatic rings. The number of nitrogens with two attached hydrogens (primary N) is 1. The Hall–Kier alpha value is -0.0400. The largest absolute Gasteiger partial charge is 0.330 e. The van der Waals surface area contributed by atoms with Gasteiger partial charge in [-0.15, -0.1) is 0 Å². The summed E-state index contributed by atoms with van der Waals surface area (Å²) in [5.74, 6) is 2.86. The highest BCUT2D eigenvalue weighted by atomic mass is 14.6. The van der Waals surface area contributed by atoms with Crippen molar-refractivity contribution in [2.24, 2.45) is 23.5 Å². The average molecular weight is 195 g/mol. The van der Waals surface area contributed by atoms with E-state index in [0.29, 0.717) is 0 Å². The predicted octanol–water partition coefficient (Wildman–Crippen LogP) is 3.33. The summed E-state index contributed by atoms with van der Waals surface area (Å²) in [5.41, 5.74) is 5.97. The van der Waals surface area contributed by atoms with E-state index in [4.69, 9.17) is 5.73 Å². The molecular weight excluding hydrogens is 170 g/mol. The molecule has 0 saturated heterocycles. The third-order valence-electron chi connectivity index (χ3n) is 4.53. The molecule has 1 atom stereocenters.